The Morgan fingerprint density at radius 3 is 2.67 bits per heavy atom. The summed E-state index contributed by atoms with van der Waals surface area (Å²) in [5.74, 6) is 0. The van der Waals surface area contributed by atoms with Gasteiger partial charge in [-0.3, -0.25) is 0 Å². The van der Waals surface area contributed by atoms with Crippen molar-refractivity contribution in [1.29, 1.82) is 0 Å². The first kappa shape index (κ1) is 8.78. The number of fused-ring (bicyclic) bond motifs is 1. The van der Waals surface area contributed by atoms with Crippen molar-refractivity contribution < 1.29 is 0 Å². The Kier molecular flexibility index (Phi) is 2.86. The summed E-state index contributed by atoms with van der Waals surface area (Å²) in [5.41, 5.74) is 2.41. The minimum atomic E-state index is 1.18. The third-order valence-electron chi connectivity index (χ3n) is 1.62. The van der Waals surface area contributed by atoms with E-state index in [9.17, 15) is 0 Å². The summed E-state index contributed by atoms with van der Waals surface area (Å²) in [6.07, 6.45) is 3.82. The summed E-state index contributed by atoms with van der Waals surface area (Å²) >= 11 is 0. The largest absolute Gasteiger partial charge is 0.241 e. The molecule has 2 rings (SSSR count). The van der Waals surface area contributed by atoms with Crippen molar-refractivity contribution in [3.05, 3.63) is 36.2 Å². The van der Waals surface area contributed by atoms with Gasteiger partial charge >= 0.3 is 0 Å². The summed E-state index contributed by atoms with van der Waals surface area (Å²) in [6.45, 7) is 6.06. The SMILES string of the molecule is CC.Cc1cnn2ccccc12. The molecule has 0 aliphatic heterocycles. The molecule has 0 bridgehead atoms. The van der Waals surface area contributed by atoms with E-state index in [-0.39, 0.29) is 0 Å². The average molecular weight is 162 g/mol. The van der Waals surface area contributed by atoms with Crippen LogP contribution in [0.5, 0.6) is 0 Å². The number of nitrogens with zero attached hydrogens (tertiary/aromatic N) is 2. The van der Waals surface area contributed by atoms with Gasteiger partial charge in [-0.2, -0.15) is 5.10 Å². The standard InChI is InChI=1S/C8H8N2.C2H6/c1-7-6-9-10-5-3-2-4-8(7)10;1-2/h2-6H,1H3;1-2H3. The highest BCUT2D eigenvalue weighted by Gasteiger charge is 1.94. The smallest absolute Gasteiger partial charge is 0.0690 e. The van der Waals surface area contributed by atoms with Crippen LogP contribution in [-0.2, 0) is 0 Å². The number of hydrogen-bond donors (Lipinski definition) is 0. The number of hydrogen-bond acceptors (Lipinski definition) is 1. The zero-order valence-electron chi connectivity index (χ0n) is 7.78. The van der Waals surface area contributed by atoms with Gasteiger partial charge in [0.25, 0.3) is 0 Å². The van der Waals surface area contributed by atoms with Crippen molar-refractivity contribution in [2.75, 3.05) is 0 Å². The van der Waals surface area contributed by atoms with Crippen LogP contribution in [0, 0.1) is 6.92 Å². The summed E-state index contributed by atoms with van der Waals surface area (Å²) in [6, 6.07) is 6.05. The molecule has 0 aliphatic carbocycles. The Hall–Kier alpha value is -1.31. The maximum absolute atomic E-state index is 4.13. The second-order valence-corrected chi connectivity index (χ2v) is 2.36. The van der Waals surface area contributed by atoms with Crippen molar-refractivity contribution in [1.82, 2.24) is 9.61 Å². The second-order valence-electron chi connectivity index (χ2n) is 2.36. The molecular weight excluding hydrogens is 148 g/mol. The van der Waals surface area contributed by atoms with E-state index in [1.54, 1.807) is 0 Å². The predicted octanol–water partition coefficient (Wildman–Crippen LogP) is 2.67. The highest BCUT2D eigenvalue weighted by atomic mass is 15.2. The molecule has 2 heteroatoms. The highest BCUT2D eigenvalue weighted by molar-refractivity contribution is 5.52. The lowest BCUT2D eigenvalue weighted by atomic mass is 10.3. The van der Waals surface area contributed by atoms with Gasteiger partial charge in [0, 0.05) is 6.20 Å². The topological polar surface area (TPSA) is 17.3 Å². The molecule has 0 fully saturated rings. The molecule has 0 N–H and O–H groups in total. The Bertz CT molecular complexity index is 349. The average Bonchev–Trinajstić information content (AvgIpc) is 2.53. The second kappa shape index (κ2) is 3.90. The normalized spacial score (nSPS) is 9.25. The summed E-state index contributed by atoms with van der Waals surface area (Å²) in [4.78, 5) is 0. The zero-order valence-corrected chi connectivity index (χ0v) is 7.78. The quantitative estimate of drug-likeness (QED) is 0.582. The van der Waals surface area contributed by atoms with Gasteiger partial charge in [0.05, 0.1) is 11.7 Å². The van der Waals surface area contributed by atoms with Gasteiger partial charge in [0.1, 0.15) is 0 Å². The summed E-state index contributed by atoms with van der Waals surface area (Å²) in [5, 5.41) is 4.13. The molecule has 0 unspecified atom stereocenters. The molecular formula is C10H14N2. The van der Waals surface area contributed by atoms with Gasteiger partial charge in [-0.15, -0.1) is 0 Å². The minimum absolute atomic E-state index is 1.18. The lowest BCUT2D eigenvalue weighted by Crippen LogP contribution is -1.82. The molecule has 2 nitrogen and oxygen atoms in total. The molecule has 2 heterocycles. The summed E-state index contributed by atoms with van der Waals surface area (Å²) < 4.78 is 1.87. The Balaban J connectivity index is 0.000000336. The molecule has 0 aromatic carbocycles. The van der Waals surface area contributed by atoms with Crippen LogP contribution in [0.25, 0.3) is 5.52 Å². The Morgan fingerprint density at radius 1 is 1.25 bits per heavy atom. The van der Waals surface area contributed by atoms with E-state index in [2.05, 4.69) is 18.1 Å². The lowest BCUT2D eigenvalue weighted by molar-refractivity contribution is 0.961. The number of pyridine rings is 1. The van der Waals surface area contributed by atoms with Crippen LogP contribution in [0.1, 0.15) is 19.4 Å². The van der Waals surface area contributed by atoms with Crippen LogP contribution >= 0.6 is 0 Å². The van der Waals surface area contributed by atoms with E-state index in [4.69, 9.17) is 0 Å². The van der Waals surface area contributed by atoms with Crippen LogP contribution in [0.15, 0.2) is 30.6 Å². The summed E-state index contributed by atoms with van der Waals surface area (Å²) in [7, 11) is 0. The van der Waals surface area contributed by atoms with Gasteiger partial charge in [0.2, 0.25) is 0 Å². The maximum Gasteiger partial charge on any atom is 0.0690 e. The van der Waals surface area contributed by atoms with Crippen LogP contribution in [0.2, 0.25) is 0 Å². The van der Waals surface area contributed by atoms with Gasteiger partial charge < -0.3 is 0 Å². The Morgan fingerprint density at radius 2 is 2.00 bits per heavy atom. The van der Waals surface area contributed by atoms with Crippen LogP contribution in [0.4, 0.5) is 0 Å². The van der Waals surface area contributed by atoms with E-state index in [0.717, 1.165) is 0 Å². The molecule has 12 heavy (non-hydrogen) atoms. The number of rotatable bonds is 0. The van der Waals surface area contributed by atoms with Crippen LogP contribution in [0.3, 0.4) is 0 Å². The van der Waals surface area contributed by atoms with E-state index < -0.39 is 0 Å². The van der Waals surface area contributed by atoms with E-state index in [0.29, 0.717) is 0 Å². The fourth-order valence-corrected chi connectivity index (χ4v) is 1.06. The fourth-order valence-electron chi connectivity index (χ4n) is 1.06. The third kappa shape index (κ3) is 1.47. The first-order valence-corrected chi connectivity index (χ1v) is 4.27. The van der Waals surface area contributed by atoms with Gasteiger partial charge in [0.15, 0.2) is 0 Å². The number of aryl methyl sites for hydroxylation is 1. The van der Waals surface area contributed by atoms with Crippen LogP contribution in [-0.4, -0.2) is 9.61 Å². The van der Waals surface area contributed by atoms with Crippen molar-refractivity contribution in [2.45, 2.75) is 20.8 Å². The number of aromatic nitrogens is 2. The minimum Gasteiger partial charge on any atom is -0.241 e. The Labute approximate surface area is 72.8 Å². The molecule has 0 saturated carbocycles. The van der Waals surface area contributed by atoms with Gasteiger partial charge in [-0.05, 0) is 24.6 Å². The molecule has 0 atom stereocenters. The van der Waals surface area contributed by atoms with Gasteiger partial charge in [-0.25, -0.2) is 4.52 Å². The molecule has 0 amide bonds. The van der Waals surface area contributed by atoms with Crippen molar-refractivity contribution >= 4 is 5.52 Å². The predicted molar refractivity (Wildman–Crippen MR) is 51.3 cm³/mol. The first-order chi connectivity index (χ1) is 5.88. The molecule has 0 spiro atoms. The van der Waals surface area contributed by atoms with E-state index in [1.807, 2.05) is 42.9 Å². The first-order valence-electron chi connectivity index (χ1n) is 4.27. The van der Waals surface area contributed by atoms with Crippen molar-refractivity contribution in [3.63, 3.8) is 0 Å². The van der Waals surface area contributed by atoms with Crippen molar-refractivity contribution in [3.8, 4) is 0 Å². The third-order valence-corrected chi connectivity index (χ3v) is 1.62. The van der Waals surface area contributed by atoms with E-state index in [1.165, 1.54) is 11.1 Å². The van der Waals surface area contributed by atoms with Gasteiger partial charge in [-0.1, -0.05) is 19.9 Å². The van der Waals surface area contributed by atoms with E-state index >= 15 is 0 Å². The molecule has 0 aliphatic rings. The lowest BCUT2D eigenvalue weighted by Gasteiger charge is -1.89. The monoisotopic (exact) mass is 162 g/mol. The molecule has 64 valence electrons. The van der Waals surface area contributed by atoms with Crippen molar-refractivity contribution in [2.24, 2.45) is 0 Å². The maximum atomic E-state index is 4.13. The van der Waals surface area contributed by atoms with Crippen LogP contribution < -0.4 is 0 Å². The highest BCUT2D eigenvalue weighted by Crippen LogP contribution is 2.06. The molecule has 2 aromatic rings. The molecule has 2 aromatic heterocycles. The molecule has 0 saturated heterocycles. The zero-order chi connectivity index (χ0) is 8.97. The molecule has 0 radical (unpaired) electrons. The fraction of sp³-hybridized carbons (Fsp3) is 0.300.